The Labute approximate surface area is 215 Å². The smallest absolute Gasteiger partial charge is 0.319 e. The second kappa shape index (κ2) is 12.3. The number of amides is 3. The maximum absolute atomic E-state index is 12.4. The summed E-state index contributed by atoms with van der Waals surface area (Å²) in [4.78, 5) is 41.5. The van der Waals surface area contributed by atoms with Gasteiger partial charge in [0, 0.05) is 44.7 Å². The van der Waals surface area contributed by atoms with E-state index in [1.54, 1.807) is 12.1 Å². The van der Waals surface area contributed by atoms with Crippen molar-refractivity contribution >= 4 is 34.3 Å². The average Bonchev–Trinajstić information content (AvgIpc) is 3.59. The number of likely N-dealkylation sites (N-methyl/N-ethyl adjacent to an activating group) is 1. The zero-order chi connectivity index (χ0) is 25.5. The van der Waals surface area contributed by atoms with E-state index in [1.807, 2.05) is 12.1 Å². The number of hydrogen-bond acceptors (Lipinski definition) is 8. The second-order valence-corrected chi connectivity index (χ2v) is 10.3. The summed E-state index contributed by atoms with van der Waals surface area (Å²) in [6.07, 6.45) is 3.66. The number of carbonyl (C=O) groups is 3. The Hall–Kier alpha value is -3.02. The van der Waals surface area contributed by atoms with E-state index in [-0.39, 0.29) is 28.8 Å². The number of carbonyl (C=O) groups excluding carboxylic acids is 3. The number of aromatic nitrogens is 1. The Morgan fingerprint density at radius 1 is 1.19 bits per heavy atom. The van der Waals surface area contributed by atoms with E-state index in [9.17, 15) is 14.4 Å². The van der Waals surface area contributed by atoms with Crippen LogP contribution < -0.4 is 21.1 Å². The van der Waals surface area contributed by atoms with Crippen LogP contribution in [0.4, 0.5) is 9.80 Å². The third-order valence-electron chi connectivity index (χ3n) is 6.46. The summed E-state index contributed by atoms with van der Waals surface area (Å²) in [6.45, 7) is 5.75. The number of rotatable bonds is 12. The van der Waals surface area contributed by atoms with Crippen LogP contribution in [0.1, 0.15) is 52.0 Å². The Kier molecular flexibility index (Phi) is 8.89. The van der Waals surface area contributed by atoms with Crippen molar-refractivity contribution in [3.63, 3.8) is 0 Å². The lowest BCUT2D eigenvalue weighted by molar-refractivity contribution is 0.0973. The summed E-state index contributed by atoms with van der Waals surface area (Å²) in [5.74, 6) is -0.0254. The van der Waals surface area contributed by atoms with Crippen molar-refractivity contribution < 1.29 is 19.1 Å². The van der Waals surface area contributed by atoms with Crippen LogP contribution in [0.2, 0.25) is 0 Å². The zero-order valence-electron chi connectivity index (χ0n) is 20.6. The Morgan fingerprint density at radius 2 is 1.97 bits per heavy atom. The number of piperazine rings is 1. The van der Waals surface area contributed by atoms with Gasteiger partial charge in [-0.1, -0.05) is 18.2 Å². The molecule has 11 heteroatoms. The van der Waals surface area contributed by atoms with Gasteiger partial charge in [-0.25, -0.2) is 4.79 Å². The number of primary amides is 1. The molecule has 4 N–H and O–H groups in total. The number of ketones is 1. The van der Waals surface area contributed by atoms with Crippen LogP contribution in [0.25, 0.3) is 0 Å². The second-order valence-electron chi connectivity index (χ2n) is 9.50. The maximum atomic E-state index is 12.4. The molecule has 1 aromatic carbocycles. The Bertz CT molecular complexity index is 1080. The molecule has 2 heterocycles. The minimum absolute atomic E-state index is 0.0357. The lowest BCUT2D eigenvalue weighted by Crippen LogP contribution is -2.45. The summed E-state index contributed by atoms with van der Waals surface area (Å²) in [5, 5.41) is 5.72. The number of nitrogens with zero attached hydrogens (tertiary/aromatic N) is 3. The SMILES string of the molecule is CN1CCN(CCCNC(=O)Nc2snc(OCc3cccc(C(=O)CC4CC4)c3)c2C(N)=O)CC1. The number of nitrogens with two attached hydrogens (primary N) is 1. The normalized spacial score (nSPS) is 16.5. The molecule has 0 bridgehead atoms. The van der Waals surface area contributed by atoms with Crippen molar-refractivity contribution in [3.05, 3.63) is 41.0 Å². The van der Waals surface area contributed by atoms with Crippen molar-refractivity contribution in [1.82, 2.24) is 19.5 Å². The van der Waals surface area contributed by atoms with Crippen LogP contribution >= 0.6 is 11.5 Å². The molecule has 1 aliphatic carbocycles. The molecule has 10 nitrogen and oxygen atoms in total. The van der Waals surface area contributed by atoms with E-state index in [2.05, 4.69) is 31.9 Å². The summed E-state index contributed by atoms with van der Waals surface area (Å²) < 4.78 is 9.93. The molecule has 1 saturated carbocycles. The number of hydrogen-bond donors (Lipinski definition) is 3. The molecule has 194 valence electrons. The Balaban J connectivity index is 1.26. The average molecular weight is 515 g/mol. The van der Waals surface area contributed by atoms with Gasteiger partial charge >= 0.3 is 6.03 Å². The third kappa shape index (κ3) is 7.49. The minimum Gasteiger partial charge on any atom is -0.472 e. The number of ether oxygens (including phenoxy) is 1. The lowest BCUT2D eigenvalue weighted by Gasteiger charge is -2.32. The van der Waals surface area contributed by atoms with Gasteiger partial charge in [0.2, 0.25) is 5.88 Å². The summed E-state index contributed by atoms with van der Waals surface area (Å²) in [7, 11) is 2.12. The Morgan fingerprint density at radius 3 is 2.69 bits per heavy atom. The molecule has 2 fully saturated rings. The predicted octanol–water partition coefficient (Wildman–Crippen LogP) is 2.56. The topological polar surface area (TPSA) is 130 Å². The first-order chi connectivity index (χ1) is 17.4. The van der Waals surface area contributed by atoms with Gasteiger partial charge in [0.25, 0.3) is 5.91 Å². The zero-order valence-corrected chi connectivity index (χ0v) is 21.4. The van der Waals surface area contributed by atoms with Gasteiger partial charge in [-0.05, 0) is 61.9 Å². The van der Waals surface area contributed by atoms with Crippen molar-refractivity contribution in [3.8, 4) is 5.88 Å². The molecule has 1 saturated heterocycles. The van der Waals surface area contributed by atoms with Crippen LogP contribution in [0.3, 0.4) is 0 Å². The maximum Gasteiger partial charge on any atom is 0.319 e. The first kappa shape index (κ1) is 26.1. The molecular weight excluding hydrogens is 480 g/mol. The molecule has 36 heavy (non-hydrogen) atoms. The first-order valence-electron chi connectivity index (χ1n) is 12.4. The van der Waals surface area contributed by atoms with Gasteiger partial charge < -0.3 is 25.6 Å². The fraction of sp³-hybridized carbons (Fsp3) is 0.520. The van der Waals surface area contributed by atoms with Gasteiger partial charge in [-0.15, -0.1) is 0 Å². The van der Waals surface area contributed by atoms with E-state index in [1.165, 1.54) is 0 Å². The largest absolute Gasteiger partial charge is 0.472 e. The third-order valence-corrected chi connectivity index (χ3v) is 7.21. The number of nitrogens with one attached hydrogen (secondary N) is 2. The summed E-state index contributed by atoms with van der Waals surface area (Å²) >= 11 is 0.937. The van der Waals surface area contributed by atoms with E-state index < -0.39 is 11.9 Å². The van der Waals surface area contributed by atoms with E-state index in [0.29, 0.717) is 24.4 Å². The molecular formula is C25H34N6O4S. The highest BCUT2D eigenvalue weighted by molar-refractivity contribution is 7.11. The van der Waals surface area contributed by atoms with Gasteiger partial charge in [0.1, 0.15) is 17.2 Å². The number of anilines is 1. The molecule has 0 spiro atoms. The fourth-order valence-corrected chi connectivity index (χ4v) is 4.82. The monoisotopic (exact) mass is 514 g/mol. The molecule has 0 unspecified atom stereocenters. The highest BCUT2D eigenvalue weighted by Gasteiger charge is 2.25. The molecule has 2 aliphatic rings. The van der Waals surface area contributed by atoms with Crippen LogP contribution in [0.15, 0.2) is 24.3 Å². The van der Waals surface area contributed by atoms with E-state index in [0.717, 1.165) is 69.1 Å². The standard InChI is InChI=1S/C25H34N6O4S/c1-30-10-12-31(13-11-30)9-3-8-27-25(34)28-24-21(22(26)33)23(29-36-24)35-16-18-4-2-5-19(14-18)20(32)15-17-6-7-17/h2,4-5,14,17H,3,6-13,15-16H2,1H3,(H2,26,33)(H2,27,28,34). The van der Waals surface area contributed by atoms with Crippen LogP contribution in [-0.2, 0) is 6.61 Å². The molecule has 3 amide bonds. The van der Waals surface area contributed by atoms with E-state index in [4.69, 9.17) is 10.5 Å². The molecule has 1 aromatic heterocycles. The molecule has 0 atom stereocenters. The van der Waals surface area contributed by atoms with Crippen molar-refractivity contribution in [1.29, 1.82) is 0 Å². The highest BCUT2D eigenvalue weighted by atomic mass is 32.1. The highest BCUT2D eigenvalue weighted by Crippen LogP contribution is 2.34. The number of benzene rings is 1. The van der Waals surface area contributed by atoms with Gasteiger partial charge in [-0.3, -0.25) is 14.9 Å². The van der Waals surface area contributed by atoms with Crippen molar-refractivity contribution in [2.45, 2.75) is 32.3 Å². The minimum atomic E-state index is -0.738. The van der Waals surface area contributed by atoms with Gasteiger partial charge in [-0.2, -0.15) is 4.37 Å². The number of Topliss-reactive ketones (excluding diaryl/α,β-unsaturated/α-hetero) is 1. The van der Waals surface area contributed by atoms with E-state index >= 15 is 0 Å². The lowest BCUT2D eigenvalue weighted by atomic mass is 10.0. The van der Waals surface area contributed by atoms with Crippen LogP contribution in [0.5, 0.6) is 5.88 Å². The van der Waals surface area contributed by atoms with Gasteiger partial charge in [0.05, 0.1) is 0 Å². The fourth-order valence-electron chi connectivity index (χ4n) is 4.09. The number of urea groups is 1. The molecule has 0 radical (unpaired) electrons. The predicted molar refractivity (Wildman–Crippen MR) is 139 cm³/mol. The molecule has 1 aliphatic heterocycles. The van der Waals surface area contributed by atoms with Crippen molar-refractivity contribution in [2.75, 3.05) is 51.6 Å². The molecule has 4 rings (SSSR count). The van der Waals surface area contributed by atoms with Gasteiger partial charge in [0.15, 0.2) is 5.78 Å². The first-order valence-corrected chi connectivity index (χ1v) is 13.2. The quantitative estimate of drug-likeness (QED) is 0.293. The van der Waals surface area contributed by atoms with Crippen molar-refractivity contribution in [2.24, 2.45) is 11.7 Å². The molecule has 2 aromatic rings. The van der Waals surface area contributed by atoms with Crippen LogP contribution in [-0.4, -0.2) is 78.2 Å². The van der Waals surface area contributed by atoms with Crippen LogP contribution in [0, 0.1) is 5.92 Å². The summed E-state index contributed by atoms with van der Waals surface area (Å²) in [6, 6.07) is 6.84. The summed E-state index contributed by atoms with van der Waals surface area (Å²) in [5.41, 5.74) is 7.03.